The molecule has 4 heteroatoms. The molecule has 1 fully saturated rings. The van der Waals surface area contributed by atoms with Crippen molar-refractivity contribution < 1.29 is 0 Å². The van der Waals surface area contributed by atoms with Gasteiger partial charge in [0.15, 0.2) is 0 Å². The Morgan fingerprint density at radius 1 is 1.50 bits per heavy atom. The molecule has 2 heterocycles. The number of nitrogens with zero attached hydrogens (tertiary/aromatic N) is 4. The number of likely N-dealkylation sites (tertiary alicyclic amines) is 1. The van der Waals surface area contributed by atoms with Crippen LogP contribution in [0.5, 0.6) is 0 Å². The highest BCUT2D eigenvalue weighted by molar-refractivity contribution is 5.09. The first kappa shape index (κ1) is 13.0. The minimum atomic E-state index is 0.514. The molecule has 0 saturated carbocycles. The van der Waals surface area contributed by atoms with Gasteiger partial charge in [0, 0.05) is 31.5 Å². The highest BCUT2D eigenvalue weighted by Gasteiger charge is 2.22. The molecule has 1 aliphatic heterocycles. The molecule has 0 radical (unpaired) electrons. The number of piperidine rings is 1. The van der Waals surface area contributed by atoms with Crippen molar-refractivity contribution in [1.82, 2.24) is 14.8 Å². The second kappa shape index (κ2) is 6.48. The maximum absolute atomic E-state index is 8.76. The lowest BCUT2D eigenvalue weighted by Crippen LogP contribution is -2.46. The Morgan fingerprint density at radius 2 is 2.28 bits per heavy atom. The highest BCUT2D eigenvalue weighted by Crippen LogP contribution is 2.16. The summed E-state index contributed by atoms with van der Waals surface area (Å²) in [4.78, 5) is 8.68. The molecule has 4 nitrogen and oxygen atoms in total. The Kier molecular flexibility index (Phi) is 4.68. The molecule has 1 aromatic heterocycles. The lowest BCUT2D eigenvalue weighted by Gasteiger charge is -2.36. The average molecular weight is 244 g/mol. The lowest BCUT2D eigenvalue weighted by atomic mass is 10.0. The molecular formula is C14H20N4. The van der Waals surface area contributed by atoms with Crippen molar-refractivity contribution in [3.63, 3.8) is 0 Å². The Hall–Kier alpha value is -1.44. The van der Waals surface area contributed by atoms with Crippen molar-refractivity contribution in [3.05, 3.63) is 30.1 Å². The van der Waals surface area contributed by atoms with Crippen LogP contribution in [0, 0.1) is 11.3 Å². The Labute approximate surface area is 109 Å². The molecule has 0 N–H and O–H groups in total. The van der Waals surface area contributed by atoms with E-state index in [1.54, 1.807) is 0 Å². The molecule has 96 valence electrons. The van der Waals surface area contributed by atoms with E-state index < -0.39 is 0 Å². The normalized spacial score (nSPS) is 20.8. The van der Waals surface area contributed by atoms with E-state index in [-0.39, 0.29) is 0 Å². The quantitative estimate of drug-likeness (QED) is 0.753. The monoisotopic (exact) mass is 244 g/mol. The molecule has 0 spiro atoms. The molecule has 0 bridgehead atoms. The zero-order valence-corrected chi connectivity index (χ0v) is 10.9. The van der Waals surface area contributed by atoms with Crippen LogP contribution < -0.4 is 0 Å². The van der Waals surface area contributed by atoms with Crippen molar-refractivity contribution in [1.29, 1.82) is 5.26 Å². The smallest absolute Gasteiger partial charge is 0.0866 e. The number of rotatable bonds is 4. The van der Waals surface area contributed by atoms with Crippen LogP contribution in [0.3, 0.4) is 0 Å². The Morgan fingerprint density at radius 3 is 3.00 bits per heavy atom. The van der Waals surface area contributed by atoms with Gasteiger partial charge in [-0.1, -0.05) is 0 Å². The predicted octanol–water partition coefficient (Wildman–Crippen LogP) is 1.50. The molecule has 0 aliphatic carbocycles. The van der Waals surface area contributed by atoms with Gasteiger partial charge in [0.05, 0.1) is 12.6 Å². The van der Waals surface area contributed by atoms with Crippen LogP contribution in [0.1, 0.15) is 18.4 Å². The summed E-state index contributed by atoms with van der Waals surface area (Å²) in [6.45, 7) is 3.72. The lowest BCUT2D eigenvalue weighted by molar-refractivity contribution is 0.120. The molecular weight excluding hydrogens is 224 g/mol. The van der Waals surface area contributed by atoms with E-state index in [2.05, 4.69) is 33.0 Å². The molecule has 1 aliphatic rings. The first-order valence-corrected chi connectivity index (χ1v) is 6.48. The molecule has 1 saturated heterocycles. The summed E-state index contributed by atoms with van der Waals surface area (Å²) < 4.78 is 0. The van der Waals surface area contributed by atoms with Crippen LogP contribution in [-0.2, 0) is 6.54 Å². The van der Waals surface area contributed by atoms with E-state index in [4.69, 9.17) is 5.26 Å². The number of aromatic nitrogens is 1. The molecule has 2 rings (SSSR count). The van der Waals surface area contributed by atoms with Gasteiger partial charge in [-0.3, -0.25) is 14.8 Å². The fourth-order valence-electron chi connectivity index (χ4n) is 2.52. The molecule has 0 amide bonds. The third-order valence-corrected chi connectivity index (χ3v) is 3.58. The topological polar surface area (TPSA) is 43.2 Å². The van der Waals surface area contributed by atoms with Crippen LogP contribution in [0.2, 0.25) is 0 Å². The molecule has 1 aromatic rings. The summed E-state index contributed by atoms with van der Waals surface area (Å²) in [5.41, 5.74) is 1.31. The summed E-state index contributed by atoms with van der Waals surface area (Å²) in [6, 6.07) is 6.89. The predicted molar refractivity (Wildman–Crippen MR) is 70.8 cm³/mol. The van der Waals surface area contributed by atoms with E-state index in [0.29, 0.717) is 12.6 Å². The number of pyridine rings is 1. The molecule has 0 aromatic carbocycles. The zero-order valence-electron chi connectivity index (χ0n) is 10.9. The van der Waals surface area contributed by atoms with Crippen molar-refractivity contribution in [2.45, 2.75) is 25.4 Å². The van der Waals surface area contributed by atoms with Gasteiger partial charge in [-0.15, -0.1) is 0 Å². The molecule has 1 atom stereocenters. The number of likely N-dealkylation sites (N-methyl/N-ethyl adjacent to an activating group) is 1. The number of nitriles is 1. The van der Waals surface area contributed by atoms with Crippen molar-refractivity contribution >= 4 is 0 Å². The van der Waals surface area contributed by atoms with Gasteiger partial charge in [-0.05, 0) is 44.1 Å². The van der Waals surface area contributed by atoms with Crippen LogP contribution in [0.15, 0.2) is 24.5 Å². The maximum Gasteiger partial charge on any atom is 0.0866 e. The first-order valence-electron chi connectivity index (χ1n) is 6.48. The minimum Gasteiger partial charge on any atom is -0.298 e. The summed E-state index contributed by atoms with van der Waals surface area (Å²) in [6.07, 6.45) is 6.10. The van der Waals surface area contributed by atoms with Gasteiger partial charge >= 0.3 is 0 Å². The van der Waals surface area contributed by atoms with Crippen LogP contribution in [0.4, 0.5) is 0 Å². The minimum absolute atomic E-state index is 0.514. The van der Waals surface area contributed by atoms with Gasteiger partial charge in [-0.25, -0.2) is 0 Å². The summed E-state index contributed by atoms with van der Waals surface area (Å²) in [5, 5.41) is 8.76. The number of hydrogen-bond acceptors (Lipinski definition) is 4. The zero-order chi connectivity index (χ0) is 12.8. The maximum atomic E-state index is 8.76. The largest absolute Gasteiger partial charge is 0.298 e. The summed E-state index contributed by atoms with van der Waals surface area (Å²) in [7, 11) is 2.05. The van der Waals surface area contributed by atoms with E-state index in [1.807, 2.05) is 19.4 Å². The van der Waals surface area contributed by atoms with E-state index in [9.17, 15) is 0 Å². The van der Waals surface area contributed by atoms with Gasteiger partial charge in [0.1, 0.15) is 0 Å². The summed E-state index contributed by atoms with van der Waals surface area (Å²) in [5.74, 6) is 0. The van der Waals surface area contributed by atoms with Gasteiger partial charge in [0.2, 0.25) is 0 Å². The van der Waals surface area contributed by atoms with Crippen molar-refractivity contribution in [2.75, 3.05) is 26.7 Å². The van der Waals surface area contributed by atoms with Crippen LogP contribution in [0.25, 0.3) is 0 Å². The Bertz CT molecular complexity index is 398. The second-order valence-electron chi connectivity index (χ2n) is 4.96. The summed E-state index contributed by atoms with van der Waals surface area (Å²) >= 11 is 0. The fraction of sp³-hybridized carbons (Fsp3) is 0.571. The van der Waals surface area contributed by atoms with Gasteiger partial charge in [-0.2, -0.15) is 5.26 Å². The van der Waals surface area contributed by atoms with E-state index in [0.717, 1.165) is 19.6 Å². The first-order chi connectivity index (χ1) is 8.79. The second-order valence-corrected chi connectivity index (χ2v) is 4.96. The van der Waals surface area contributed by atoms with Crippen molar-refractivity contribution in [2.24, 2.45) is 0 Å². The van der Waals surface area contributed by atoms with Crippen LogP contribution >= 0.6 is 0 Å². The molecule has 18 heavy (non-hydrogen) atoms. The van der Waals surface area contributed by atoms with Gasteiger partial charge < -0.3 is 0 Å². The fourth-order valence-corrected chi connectivity index (χ4v) is 2.52. The molecule has 1 unspecified atom stereocenters. The highest BCUT2D eigenvalue weighted by atomic mass is 15.2. The van der Waals surface area contributed by atoms with Gasteiger partial charge in [0.25, 0.3) is 0 Å². The van der Waals surface area contributed by atoms with E-state index >= 15 is 0 Å². The van der Waals surface area contributed by atoms with Crippen LogP contribution in [-0.4, -0.2) is 47.5 Å². The van der Waals surface area contributed by atoms with E-state index in [1.165, 1.54) is 18.4 Å². The standard InChI is InChI=1S/C14H20N4/c1-17(10-6-15)14-3-2-9-18(12-14)11-13-4-7-16-8-5-13/h4-5,7-8,14H,2-3,9-12H2,1H3. The number of hydrogen-bond donors (Lipinski definition) is 0. The SMILES string of the molecule is CN(CC#N)C1CCCN(Cc2ccncc2)C1. The Balaban J connectivity index is 1.89. The average Bonchev–Trinajstić information content (AvgIpc) is 2.40. The third kappa shape index (κ3) is 3.52. The third-order valence-electron chi connectivity index (χ3n) is 3.58. The van der Waals surface area contributed by atoms with Crippen molar-refractivity contribution in [3.8, 4) is 6.07 Å².